The van der Waals surface area contributed by atoms with Crippen LogP contribution in [0.25, 0.3) is 0 Å². The van der Waals surface area contributed by atoms with Gasteiger partial charge in [0, 0.05) is 152 Å². The van der Waals surface area contributed by atoms with Gasteiger partial charge in [0.25, 0.3) is 23.6 Å². The fraction of sp³-hybridized carbons (Fsp3) is 0.490. The summed E-state index contributed by atoms with van der Waals surface area (Å²) in [6, 6.07) is 11.8. The summed E-state index contributed by atoms with van der Waals surface area (Å²) in [5.41, 5.74) is -13.3. The Bertz CT molecular complexity index is 6090. The maximum atomic E-state index is 13.9. The number of hydrogen-bond donors (Lipinski definition) is 8. The van der Waals surface area contributed by atoms with Crippen molar-refractivity contribution in [1.29, 1.82) is 0 Å². The first-order valence-corrected chi connectivity index (χ1v) is 47.0. The van der Waals surface area contributed by atoms with Gasteiger partial charge in [-0.15, -0.1) is 0 Å². The molecule has 0 unspecified atom stereocenters. The van der Waals surface area contributed by atoms with Gasteiger partial charge in [-0.3, -0.25) is 57.5 Å². The Kier molecular flexibility index (Phi) is 33.3. The van der Waals surface area contributed by atoms with E-state index in [0.717, 1.165) is 75.6 Å². The van der Waals surface area contributed by atoms with Crippen molar-refractivity contribution in [3.8, 4) is 23.0 Å². The summed E-state index contributed by atoms with van der Waals surface area (Å²) in [5, 5.41) is 52.6. The molecule has 0 bridgehead atoms. The molecule has 8 aromatic rings. The third kappa shape index (κ3) is 20.8. The fourth-order valence-corrected chi connectivity index (χ4v) is 21.1. The van der Waals surface area contributed by atoms with Crippen molar-refractivity contribution < 1.29 is 132 Å². The van der Waals surface area contributed by atoms with E-state index < -0.39 is 193 Å². The highest BCUT2D eigenvalue weighted by atomic mass is 19.2. The molecule has 0 spiro atoms. The normalized spacial score (nSPS) is 23.3. The lowest BCUT2D eigenvalue weighted by molar-refractivity contribution is -0.157. The third-order valence-electron chi connectivity index (χ3n) is 29.5. The summed E-state index contributed by atoms with van der Waals surface area (Å²) in [7, 11) is 6.29. The SMILES string of the molecule is COCCCO[C@@]12CCCC[C@]1(C)C(=O)c1c(O)c(=O)c(C(=O)NCc3ccc(F)cc3F)cn1C2.COCCCO[C@]12CCCC[C@@]1(C)C(=O)c1c(O)c(=O)c(C(=O)NCc3ccc(F)cc3F)cn1C2.COCCO[C@@]12CCCC[C@]1(C)C(=O)c1c(O)c(=O)c(C(=O)NCc3ccc(F)cc3F)cn1C2.COCCO[C@]12CCCC[C@@]1(C)C(=O)c1c(O)c(=O)c(C(=O)NCc3ccc(F)cc3F)cn1C2. The van der Waals surface area contributed by atoms with Crippen LogP contribution >= 0.6 is 0 Å². The number of ketones is 4. The van der Waals surface area contributed by atoms with Crippen LogP contribution < -0.4 is 43.0 Å². The summed E-state index contributed by atoms with van der Waals surface area (Å²) in [6.07, 6.45) is 17.5. The highest BCUT2D eigenvalue weighted by Gasteiger charge is 2.64. The molecule has 4 fully saturated rings. The van der Waals surface area contributed by atoms with E-state index in [1.807, 2.05) is 13.8 Å². The van der Waals surface area contributed by atoms with Gasteiger partial charge in [-0.25, -0.2) is 35.1 Å². The lowest BCUT2D eigenvalue weighted by Crippen LogP contribution is -2.61. The minimum absolute atomic E-state index is 0.0284. The number of rotatable bonds is 30. The molecule has 0 saturated heterocycles. The number of fused-ring (bicyclic) bond motifs is 8. The minimum atomic E-state index is -0.992. The minimum Gasteiger partial charge on any atom is -0.503 e. The second kappa shape index (κ2) is 44.2. The molecule has 8 N–H and O–H groups in total. The molecule has 4 aliphatic heterocycles. The predicted molar refractivity (Wildman–Crippen MR) is 495 cm³/mol. The molecule has 4 saturated carbocycles. The molecule has 764 valence electrons. The Morgan fingerprint density at radius 2 is 0.507 bits per heavy atom. The molecule has 4 aliphatic carbocycles. The number of ether oxygens (including phenoxy) is 8. The maximum Gasteiger partial charge on any atom is 0.257 e. The second-order valence-corrected chi connectivity index (χ2v) is 38.0. The Balaban J connectivity index is 0.000000159. The van der Waals surface area contributed by atoms with Gasteiger partial charge >= 0.3 is 0 Å². The van der Waals surface area contributed by atoms with E-state index in [1.165, 1.54) is 67.3 Å². The lowest BCUT2D eigenvalue weighted by atomic mass is 9.59. The molecule has 4 aromatic heterocycles. The first kappa shape index (κ1) is 107. The molecule has 16 rings (SSSR count). The van der Waals surface area contributed by atoms with Gasteiger partial charge in [0.05, 0.1) is 96.7 Å². The molecule has 4 aromatic carbocycles. The summed E-state index contributed by atoms with van der Waals surface area (Å²) < 4.78 is 160. The fourth-order valence-electron chi connectivity index (χ4n) is 21.1. The molecular formula is C102H116F8N8O24. The van der Waals surface area contributed by atoms with E-state index in [-0.39, 0.29) is 122 Å². The van der Waals surface area contributed by atoms with Crippen LogP contribution in [0.3, 0.4) is 0 Å². The van der Waals surface area contributed by atoms with Gasteiger partial charge in [-0.1, -0.05) is 75.6 Å². The molecule has 8 aliphatic rings. The number of halogens is 8. The number of amides is 4. The molecule has 0 radical (unpaired) electrons. The summed E-state index contributed by atoms with van der Waals surface area (Å²) in [4.78, 5) is 157. The highest BCUT2D eigenvalue weighted by molar-refractivity contribution is 6.07. The Hall–Kier alpha value is -12.4. The van der Waals surface area contributed by atoms with Crippen molar-refractivity contribution in [2.45, 2.75) is 218 Å². The average Bonchev–Trinajstić information content (AvgIpc) is 0.720. The van der Waals surface area contributed by atoms with E-state index in [9.17, 15) is 113 Å². The number of methoxy groups -OCH3 is 4. The van der Waals surface area contributed by atoms with Crippen LogP contribution in [-0.4, -0.2) is 189 Å². The number of benzene rings is 4. The van der Waals surface area contributed by atoms with Crippen LogP contribution in [0, 0.1) is 68.2 Å². The van der Waals surface area contributed by atoms with Gasteiger partial charge in [-0.05, 0) is 116 Å². The number of nitrogens with zero attached hydrogens (tertiary/aromatic N) is 4. The summed E-state index contributed by atoms with van der Waals surface area (Å²) in [6.45, 7) is 9.66. The number of nitrogens with one attached hydrogen (secondary N) is 4. The van der Waals surface area contributed by atoms with Gasteiger partial charge in [-0.2, -0.15) is 0 Å². The Morgan fingerprint density at radius 3 is 0.711 bits per heavy atom. The zero-order chi connectivity index (χ0) is 103. The standard InChI is InChI=1S/2C26H30F2N2O6.2C25H28F2N2O6/c2*1-25-8-3-4-9-26(25,36-11-5-10-35-2)15-30-14-18(21(31)22(32)20(30)23(25)33)24(34)29-13-16-6-7-17(27)12-19(16)28;2*1-24-7-3-4-8-25(24,35-10-9-34-2)14-29-13-17(20(30)21(31)19(29)22(24)32)23(33)28-12-15-5-6-16(26)11-18(15)27/h2*6-7,12,14,32H,3-5,8-11,13,15H2,1-2H3,(H,29,34);2*5-6,11,13,31H,3-4,7-10,12,14H2,1-2H3,(H,28,33)/t2*25-,26-;2*24-,25-/m1010/s1. The molecule has 32 nitrogen and oxygen atoms in total. The number of aromatic nitrogens is 4. The zero-order valence-electron chi connectivity index (χ0n) is 80.0. The summed E-state index contributed by atoms with van der Waals surface area (Å²) >= 11 is 0. The van der Waals surface area contributed by atoms with Crippen LogP contribution in [0.5, 0.6) is 23.0 Å². The number of Topliss-reactive ketones (excluding diaryl/α,β-unsaturated/α-hetero) is 4. The highest BCUT2D eigenvalue weighted by Crippen LogP contribution is 2.58. The molecule has 4 amide bonds. The maximum absolute atomic E-state index is 13.9. The third-order valence-corrected chi connectivity index (χ3v) is 29.5. The van der Waals surface area contributed by atoms with Crippen LogP contribution in [0.1, 0.15) is 249 Å². The van der Waals surface area contributed by atoms with Crippen molar-refractivity contribution >= 4 is 46.8 Å². The van der Waals surface area contributed by atoms with Crippen molar-refractivity contribution in [2.24, 2.45) is 21.7 Å². The second-order valence-electron chi connectivity index (χ2n) is 38.0. The monoisotopic (exact) mass is 1990 g/mol. The van der Waals surface area contributed by atoms with E-state index >= 15 is 0 Å². The Labute approximate surface area is 810 Å². The zero-order valence-corrected chi connectivity index (χ0v) is 80.0. The summed E-state index contributed by atoms with van der Waals surface area (Å²) in [5.74, 6) is -14.6. The number of carbonyl (C=O) groups is 8. The molecular weight excluding hydrogens is 1870 g/mol. The van der Waals surface area contributed by atoms with Crippen LogP contribution in [0.4, 0.5) is 35.1 Å². The first-order valence-electron chi connectivity index (χ1n) is 47.0. The van der Waals surface area contributed by atoms with E-state index in [2.05, 4.69) is 21.3 Å². The quantitative estimate of drug-likeness (QED) is 0.0153. The van der Waals surface area contributed by atoms with Gasteiger partial charge in [0.2, 0.25) is 21.7 Å². The van der Waals surface area contributed by atoms with Crippen LogP contribution in [0.15, 0.2) is 117 Å². The number of pyridine rings is 4. The van der Waals surface area contributed by atoms with Crippen LogP contribution in [0.2, 0.25) is 0 Å². The molecule has 142 heavy (non-hydrogen) atoms. The number of aromatic hydroxyl groups is 4. The predicted octanol–water partition coefficient (Wildman–Crippen LogP) is 12.5. The van der Waals surface area contributed by atoms with E-state index in [1.54, 1.807) is 42.3 Å². The lowest BCUT2D eigenvalue weighted by Gasteiger charge is -2.53. The smallest absolute Gasteiger partial charge is 0.257 e. The average molecular weight is 1990 g/mol. The van der Waals surface area contributed by atoms with Gasteiger partial charge in [0.1, 0.15) is 91.6 Å². The largest absolute Gasteiger partial charge is 0.503 e. The van der Waals surface area contributed by atoms with Gasteiger partial charge < -0.3 is 97.9 Å². The van der Waals surface area contributed by atoms with Crippen molar-refractivity contribution in [3.63, 3.8) is 0 Å². The van der Waals surface area contributed by atoms with Crippen molar-refractivity contribution in [1.82, 2.24) is 39.5 Å². The Morgan fingerprint density at radius 1 is 0.303 bits per heavy atom. The van der Waals surface area contributed by atoms with E-state index in [4.69, 9.17) is 37.9 Å². The van der Waals surface area contributed by atoms with Crippen LogP contribution in [-0.2, 0) is 90.3 Å². The number of carbonyl (C=O) groups excluding carboxylic acids is 8. The first-order chi connectivity index (χ1) is 67.5. The van der Waals surface area contributed by atoms with E-state index in [0.29, 0.717) is 128 Å². The van der Waals surface area contributed by atoms with Gasteiger partial charge in [0.15, 0.2) is 46.1 Å². The molecule has 8 heterocycles. The number of hydrogen-bond acceptors (Lipinski definition) is 24. The van der Waals surface area contributed by atoms with Crippen molar-refractivity contribution in [3.05, 3.63) is 252 Å². The van der Waals surface area contributed by atoms with Crippen molar-refractivity contribution in [2.75, 3.05) is 81.3 Å². The molecule has 40 heteroatoms. The molecule has 8 atom stereocenters. The topological polar surface area (TPSA) is 427 Å².